The number of nitrogens with zero attached hydrogens (tertiary/aromatic N) is 3. The van der Waals surface area contributed by atoms with Gasteiger partial charge in [-0.3, -0.25) is 9.59 Å². The lowest BCUT2D eigenvalue weighted by Crippen LogP contribution is -2.35. The number of ether oxygens (including phenoxy) is 2. The molecule has 2 heterocycles. The summed E-state index contributed by atoms with van der Waals surface area (Å²) in [6, 6.07) is 6.47. The molecule has 1 fully saturated rings. The molecule has 0 N–H and O–H groups in total. The Hall–Kier alpha value is -2.59. The van der Waals surface area contributed by atoms with Crippen molar-refractivity contribution in [3.8, 4) is 11.8 Å². The Morgan fingerprint density at radius 3 is 2.72 bits per heavy atom. The van der Waals surface area contributed by atoms with Gasteiger partial charge in [0.15, 0.2) is 0 Å². The first-order chi connectivity index (χ1) is 12.0. The van der Waals surface area contributed by atoms with Gasteiger partial charge in [-0.2, -0.15) is 5.26 Å². The van der Waals surface area contributed by atoms with Gasteiger partial charge in [-0.25, -0.2) is 0 Å². The summed E-state index contributed by atoms with van der Waals surface area (Å²) in [4.78, 5) is 27.5. The van der Waals surface area contributed by atoms with Gasteiger partial charge in [0, 0.05) is 24.2 Å². The van der Waals surface area contributed by atoms with Crippen LogP contribution < -0.4 is 4.74 Å². The van der Waals surface area contributed by atoms with Crippen molar-refractivity contribution in [2.75, 3.05) is 33.8 Å². The van der Waals surface area contributed by atoms with Crippen LogP contribution >= 0.6 is 0 Å². The van der Waals surface area contributed by atoms with Crippen molar-refractivity contribution in [1.29, 1.82) is 5.26 Å². The second-order valence-corrected chi connectivity index (χ2v) is 6.41. The lowest BCUT2D eigenvalue weighted by Gasteiger charge is -2.29. The Kier molecular flexibility index (Phi) is 4.91. The first kappa shape index (κ1) is 17.2. The van der Waals surface area contributed by atoms with Crippen molar-refractivity contribution in [2.24, 2.45) is 0 Å². The van der Waals surface area contributed by atoms with Crippen LogP contribution in [0.2, 0.25) is 0 Å². The third-order valence-electron chi connectivity index (χ3n) is 4.74. The van der Waals surface area contributed by atoms with Crippen LogP contribution in [-0.2, 0) is 9.53 Å². The van der Waals surface area contributed by atoms with Crippen molar-refractivity contribution >= 4 is 11.9 Å². The summed E-state index contributed by atoms with van der Waals surface area (Å²) in [5, 5.41) is 9.49. The number of likely N-dealkylation sites (tertiary alicyclic amines) is 1. The number of hydrogen-bond acceptors (Lipinski definition) is 6. The number of amides is 1. The number of carbonyl (C=O) groups excluding carboxylic acids is 2. The molecule has 1 aromatic carbocycles. The molecule has 132 valence electrons. The zero-order valence-corrected chi connectivity index (χ0v) is 14.4. The predicted octanol–water partition coefficient (Wildman–Crippen LogP) is 1.35. The molecule has 1 atom stereocenters. The van der Waals surface area contributed by atoms with Crippen LogP contribution in [0.25, 0.3) is 0 Å². The summed E-state index contributed by atoms with van der Waals surface area (Å²) in [5.41, 5.74) is 1.02. The van der Waals surface area contributed by atoms with Crippen molar-refractivity contribution in [1.82, 2.24) is 9.80 Å². The van der Waals surface area contributed by atoms with E-state index in [9.17, 15) is 14.9 Å². The Morgan fingerprint density at radius 2 is 2.08 bits per heavy atom. The van der Waals surface area contributed by atoms with Gasteiger partial charge in [-0.05, 0) is 38.1 Å². The molecule has 7 heteroatoms. The van der Waals surface area contributed by atoms with Gasteiger partial charge in [0.25, 0.3) is 5.91 Å². The molecule has 1 amide bonds. The number of methoxy groups -OCH3 is 1. The van der Waals surface area contributed by atoms with Crippen LogP contribution in [0.4, 0.5) is 0 Å². The topological polar surface area (TPSA) is 82.9 Å². The fraction of sp³-hybridized carbons (Fsp3) is 0.500. The molecule has 1 aromatic rings. The SMILES string of the molecule is COC(=O)CN1C(=O)c2ccc(OC3CCN(C)CC3)cc2C1C#N. The van der Waals surface area contributed by atoms with E-state index in [4.69, 9.17) is 4.74 Å². The number of esters is 1. The summed E-state index contributed by atoms with van der Waals surface area (Å²) in [6.07, 6.45) is 2.03. The molecule has 0 aliphatic carbocycles. The molecule has 0 saturated carbocycles. The molecule has 0 aromatic heterocycles. The fourth-order valence-corrected chi connectivity index (χ4v) is 3.28. The molecule has 0 radical (unpaired) electrons. The largest absolute Gasteiger partial charge is 0.490 e. The van der Waals surface area contributed by atoms with Crippen LogP contribution in [0.5, 0.6) is 5.75 Å². The van der Waals surface area contributed by atoms with E-state index < -0.39 is 12.0 Å². The molecule has 25 heavy (non-hydrogen) atoms. The second-order valence-electron chi connectivity index (χ2n) is 6.41. The van der Waals surface area contributed by atoms with Gasteiger partial charge in [0.2, 0.25) is 0 Å². The van der Waals surface area contributed by atoms with E-state index in [1.54, 1.807) is 18.2 Å². The molecule has 3 rings (SSSR count). The van der Waals surface area contributed by atoms with Gasteiger partial charge in [0.05, 0.1) is 13.2 Å². The van der Waals surface area contributed by atoms with Crippen LogP contribution in [0.15, 0.2) is 18.2 Å². The maximum Gasteiger partial charge on any atom is 0.325 e. The molecule has 7 nitrogen and oxygen atoms in total. The minimum atomic E-state index is -0.803. The number of hydrogen-bond donors (Lipinski definition) is 0. The van der Waals surface area contributed by atoms with E-state index in [0.29, 0.717) is 16.9 Å². The van der Waals surface area contributed by atoms with Gasteiger partial charge in [-0.1, -0.05) is 0 Å². The third kappa shape index (κ3) is 3.44. The molecule has 0 bridgehead atoms. The van der Waals surface area contributed by atoms with Gasteiger partial charge >= 0.3 is 5.97 Å². The number of nitriles is 1. The molecule has 2 aliphatic heterocycles. The van der Waals surface area contributed by atoms with E-state index in [0.717, 1.165) is 25.9 Å². The first-order valence-electron chi connectivity index (χ1n) is 8.30. The average Bonchev–Trinajstić information content (AvgIpc) is 2.88. The van der Waals surface area contributed by atoms with E-state index in [1.165, 1.54) is 12.0 Å². The number of piperidine rings is 1. The number of fused-ring (bicyclic) bond motifs is 1. The first-order valence-corrected chi connectivity index (χ1v) is 8.30. The molecule has 1 unspecified atom stereocenters. The summed E-state index contributed by atoms with van der Waals surface area (Å²) < 4.78 is 10.7. The highest BCUT2D eigenvalue weighted by molar-refractivity contribution is 6.01. The van der Waals surface area contributed by atoms with E-state index in [1.807, 2.05) is 0 Å². The van der Waals surface area contributed by atoms with Crippen LogP contribution in [0, 0.1) is 11.3 Å². The fourth-order valence-electron chi connectivity index (χ4n) is 3.28. The summed E-state index contributed by atoms with van der Waals surface area (Å²) >= 11 is 0. The highest BCUT2D eigenvalue weighted by Crippen LogP contribution is 2.36. The molecular formula is C18H21N3O4. The Morgan fingerprint density at radius 1 is 1.36 bits per heavy atom. The molecule has 1 saturated heterocycles. The minimum absolute atomic E-state index is 0.137. The van der Waals surface area contributed by atoms with Crippen LogP contribution in [0.1, 0.15) is 34.8 Å². The van der Waals surface area contributed by atoms with E-state index in [-0.39, 0.29) is 18.6 Å². The third-order valence-corrected chi connectivity index (χ3v) is 4.74. The smallest absolute Gasteiger partial charge is 0.325 e. The van der Waals surface area contributed by atoms with Gasteiger partial charge in [-0.15, -0.1) is 0 Å². The zero-order chi connectivity index (χ0) is 18.0. The standard InChI is InChI=1S/C18H21N3O4/c1-20-7-5-12(6-8-20)25-13-3-4-14-15(9-13)16(10-19)21(18(14)23)11-17(22)24-2/h3-4,9,12,16H,5-8,11H2,1-2H3. The molecule has 2 aliphatic rings. The predicted molar refractivity (Wildman–Crippen MR) is 89.0 cm³/mol. The van der Waals surface area contributed by atoms with Crippen molar-refractivity contribution in [3.63, 3.8) is 0 Å². The highest BCUT2D eigenvalue weighted by atomic mass is 16.5. The zero-order valence-electron chi connectivity index (χ0n) is 14.4. The van der Waals surface area contributed by atoms with Gasteiger partial charge < -0.3 is 19.3 Å². The van der Waals surface area contributed by atoms with Crippen molar-refractivity contribution < 1.29 is 19.1 Å². The van der Waals surface area contributed by atoms with Crippen molar-refractivity contribution in [2.45, 2.75) is 25.0 Å². The lowest BCUT2D eigenvalue weighted by atomic mass is 10.0. The summed E-state index contributed by atoms with van der Waals surface area (Å²) in [7, 11) is 3.34. The summed E-state index contributed by atoms with van der Waals surface area (Å²) in [5.74, 6) is -0.233. The Labute approximate surface area is 146 Å². The number of rotatable bonds is 4. The van der Waals surface area contributed by atoms with Gasteiger partial charge in [0.1, 0.15) is 24.4 Å². The molecular weight excluding hydrogens is 322 g/mol. The monoisotopic (exact) mass is 343 g/mol. The van der Waals surface area contributed by atoms with E-state index in [2.05, 4.69) is 22.8 Å². The minimum Gasteiger partial charge on any atom is -0.490 e. The van der Waals surface area contributed by atoms with Crippen LogP contribution in [-0.4, -0.2) is 61.6 Å². The normalized spacial score (nSPS) is 20.9. The highest BCUT2D eigenvalue weighted by Gasteiger charge is 2.38. The Bertz CT molecular complexity index is 720. The molecule has 0 spiro atoms. The van der Waals surface area contributed by atoms with Crippen molar-refractivity contribution in [3.05, 3.63) is 29.3 Å². The van der Waals surface area contributed by atoms with E-state index >= 15 is 0 Å². The average molecular weight is 343 g/mol. The number of carbonyl (C=O) groups is 2. The Balaban J connectivity index is 1.79. The van der Waals surface area contributed by atoms with Crippen LogP contribution in [0.3, 0.4) is 0 Å². The quantitative estimate of drug-likeness (QED) is 0.768. The maximum absolute atomic E-state index is 12.5. The lowest BCUT2D eigenvalue weighted by molar-refractivity contribution is -0.141. The number of benzene rings is 1. The maximum atomic E-state index is 12.5. The summed E-state index contributed by atoms with van der Waals surface area (Å²) in [6.45, 7) is 1.73. The second kappa shape index (κ2) is 7.11.